The van der Waals surface area contributed by atoms with Crippen molar-refractivity contribution in [2.75, 3.05) is 36.4 Å². The third-order valence-corrected chi connectivity index (χ3v) is 5.31. The molecule has 3 aromatic rings. The fourth-order valence-corrected chi connectivity index (χ4v) is 3.85. The summed E-state index contributed by atoms with van der Waals surface area (Å²) in [5.74, 6) is 0.688. The van der Waals surface area contributed by atoms with Gasteiger partial charge in [0, 0.05) is 43.8 Å². The number of pyridine rings is 2. The lowest BCUT2D eigenvalue weighted by Crippen LogP contribution is -2.50. The van der Waals surface area contributed by atoms with Gasteiger partial charge in [0.25, 0.3) is 0 Å². The number of aromatic nitrogens is 4. The van der Waals surface area contributed by atoms with E-state index in [1.54, 1.807) is 29.6 Å². The van der Waals surface area contributed by atoms with Gasteiger partial charge in [0.05, 0.1) is 28.1 Å². The second kappa shape index (κ2) is 8.04. The molecule has 8 nitrogen and oxygen atoms in total. The Kier molecular flexibility index (Phi) is 5.47. The minimum absolute atomic E-state index is 0.155. The summed E-state index contributed by atoms with van der Waals surface area (Å²) in [6.07, 6.45) is 5.00. The maximum Gasteiger partial charge on any atom is 0.322 e. The van der Waals surface area contributed by atoms with Crippen LogP contribution >= 0.6 is 23.2 Å². The van der Waals surface area contributed by atoms with Gasteiger partial charge in [-0.3, -0.25) is 0 Å². The van der Waals surface area contributed by atoms with Gasteiger partial charge >= 0.3 is 6.03 Å². The highest BCUT2D eigenvalue weighted by Crippen LogP contribution is 2.27. The molecule has 0 saturated carbocycles. The van der Waals surface area contributed by atoms with E-state index in [1.807, 2.05) is 10.7 Å². The number of urea groups is 1. The van der Waals surface area contributed by atoms with Crippen molar-refractivity contribution in [3.05, 3.63) is 40.8 Å². The summed E-state index contributed by atoms with van der Waals surface area (Å²) in [6, 6.07) is 3.63. The summed E-state index contributed by atoms with van der Waals surface area (Å²) in [5, 5.41) is 9.19. The van der Waals surface area contributed by atoms with E-state index in [0.29, 0.717) is 47.7 Å². The van der Waals surface area contributed by atoms with Crippen molar-refractivity contribution >= 4 is 51.8 Å². The fraction of sp³-hybridized carbons (Fsp3) is 0.368. The van der Waals surface area contributed by atoms with Gasteiger partial charge in [0.1, 0.15) is 5.82 Å². The molecule has 1 aliphatic rings. The third-order valence-electron chi connectivity index (χ3n) is 4.83. The Morgan fingerprint density at radius 3 is 2.52 bits per heavy atom. The van der Waals surface area contributed by atoms with Gasteiger partial charge in [-0.05, 0) is 26.0 Å². The minimum Gasteiger partial charge on any atom is -0.352 e. The molecule has 10 heteroatoms. The third kappa shape index (κ3) is 4.09. The van der Waals surface area contributed by atoms with Crippen molar-refractivity contribution in [2.24, 2.45) is 0 Å². The Morgan fingerprint density at radius 1 is 1.07 bits per heavy atom. The van der Waals surface area contributed by atoms with Gasteiger partial charge in [-0.1, -0.05) is 23.2 Å². The predicted octanol–water partition coefficient (Wildman–Crippen LogP) is 4.07. The van der Waals surface area contributed by atoms with Crippen molar-refractivity contribution in [1.29, 1.82) is 0 Å². The molecule has 1 saturated heterocycles. The highest BCUT2D eigenvalue weighted by molar-refractivity contribution is 6.36. The largest absolute Gasteiger partial charge is 0.352 e. The highest BCUT2D eigenvalue weighted by Gasteiger charge is 2.23. The Balaban J connectivity index is 1.39. The second-order valence-corrected chi connectivity index (χ2v) is 8.03. The zero-order chi connectivity index (χ0) is 20.5. The lowest BCUT2D eigenvalue weighted by molar-refractivity contribution is 0.208. The number of anilines is 2. The number of rotatable bonds is 3. The molecule has 29 heavy (non-hydrogen) atoms. The van der Waals surface area contributed by atoms with Crippen LogP contribution in [0.1, 0.15) is 19.9 Å². The molecule has 0 aromatic carbocycles. The van der Waals surface area contributed by atoms with Gasteiger partial charge in [0.2, 0.25) is 0 Å². The van der Waals surface area contributed by atoms with Gasteiger partial charge in [-0.15, -0.1) is 0 Å². The molecular formula is C19H21Cl2N7O. The van der Waals surface area contributed by atoms with E-state index in [1.165, 1.54) is 0 Å². The van der Waals surface area contributed by atoms with Crippen LogP contribution in [-0.2, 0) is 0 Å². The summed E-state index contributed by atoms with van der Waals surface area (Å²) in [5.41, 5.74) is 1.45. The zero-order valence-corrected chi connectivity index (χ0v) is 17.7. The van der Waals surface area contributed by atoms with Crippen LogP contribution in [0.25, 0.3) is 11.0 Å². The molecule has 0 bridgehead atoms. The summed E-state index contributed by atoms with van der Waals surface area (Å²) in [4.78, 5) is 25.2. The quantitative estimate of drug-likeness (QED) is 0.673. The summed E-state index contributed by atoms with van der Waals surface area (Å²) >= 11 is 12.2. The Hall–Kier alpha value is -2.58. The van der Waals surface area contributed by atoms with Crippen LogP contribution in [0.3, 0.4) is 0 Å². The monoisotopic (exact) mass is 433 g/mol. The molecule has 1 N–H and O–H groups in total. The lowest BCUT2D eigenvalue weighted by Gasteiger charge is -2.35. The van der Waals surface area contributed by atoms with E-state index in [9.17, 15) is 4.79 Å². The number of piperazine rings is 1. The number of hydrogen-bond donors (Lipinski definition) is 1. The van der Waals surface area contributed by atoms with Crippen molar-refractivity contribution in [2.45, 2.75) is 19.9 Å². The first-order valence-electron chi connectivity index (χ1n) is 9.37. The molecule has 0 spiro atoms. The number of hydrogen-bond acceptors (Lipinski definition) is 5. The predicted molar refractivity (Wildman–Crippen MR) is 115 cm³/mol. The number of amides is 2. The van der Waals surface area contributed by atoms with E-state index in [2.05, 4.69) is 39.1 Å². The van der Waals surface area contributed by atoms with Gasteiger partial charge in [0.15, 0.2) is 5.65 Å². The maximum atomic E-state index is 12.7. The Morgan fingerprint density at radius 2 is 1.83 bits per heavy atom. The topological polar surface area (TPSA) is 79.2 Å². The van der Waals surface area contributed by atoms with Crippen molar-refractivity contribution in [1.82, 2.24) is 24.6 Å². The standard InChI is InChI=1S/C19H21Cl2N7O/c1-12(2)28-17-13(9-24-28)7-15(11-23-17)25-19(29)27-5-3-26(4-6-27)18-16(21)8-14(20)10-22-18/h7-12H,3-6H2,1-2H3,(H,25,29). The number of nitrogens with zero attached hydrogens (tertiary/aromatic N) is 6. The SMILES string of the molecule is CC(C)n1ncc2cc(NC(=O)N3CCN(c4ncc(Cl)cc4Cl)CC3)cnc21. The van der Waals surface area contributed by atoms with Crippen LogP contribution < -0.4 is 10.2 Å². The molecule has 0 atom stereocenters. The minimum atomic E-state index is -0.155. The normalized spacial score (nSPS) is 14.7. The van der Waals surface area contributed by atoms with Crippen molar-refractivity contribution < 1.29 is 4.79 Å². The number of carbonyl (C=O) groups is 1. The van der Waals surface area contributed by atoms with Crippen LogP contribution in [0.15, 0.2) is 30.7 Å². The van der Waals surface area contributed by atoms with Crippen LogP contribution in [0.2, 0.25) is 10.0 Å². The molecule has 4 heterocycles. The summed E-state index contributed by atoms with van der Waals surface area (Å²) in [7, 11) is 0. The molecule has 3 aromatic heterocycles. The van der Waals surface area contributed by atoms with E-state index in [-0.39, 0.29) is 12.1 Å². The molecular weight excluding hydrogens is 413 g/mol. The number of halogens is 2. The second-order valence-electron chi connectivity index (χ2n) is 7.18. The van der Waals surface area contributed by atoms with E-state index < -0.39 is 0 Å². The van der Waals surface area contributed by atoms with Crippen molar-refractivity contribution in [3.8, 4) is 0 Å². The van der Waals surface area contributed by atoms with E-state index in [0.717, 1.165) is 11.0 Å². The van der Waals surface area contributed by atoms with E-state index in [4.69, 9.17) is 23.2 Å². The van der Waals surface area contributed by atoms with Gasteiger partial charge < -0.3 is 15.1 Å². The fourth-order valence-electron chi connectivity index (χ4n) is 3.35. The first kappa shape index (κ1) is 19.7. The van der Waals surface area contributed by atoms with Crippen LogP contribution in [0.4, 0.5) is 16.3 Å². The Labute approximate surface area is 178 Å². The van der Waals surface area contributed by atoms with Crippen LogP contribution in [0, 0.1) is 0 Å². The number of fused-ring (bicyclic) bond motifs is 1. The number of nitrogens with one attached hydrogen (secondary N) is 1. The molecule has 0 radical (unpaired) electrons. The highest BCUT2D eigenvalue weighted by atomic mass is 35.5. The Bertz CT molecular complexity index is 1040. The molecule has 1 aliphatic heterocycles. The average Bonchev–Trinajstić information content (AvgIpc) is 3.12. The van der Waals surface area contributed by atoms with Crippen LogP contribution in [-0.4, -0.2) is 56.9 Å². The van der Waals surface area contributed by atoms with Gasteiger partial charge in [-0.25, -0.2) is 19.4 Å². The summed E-state index contributed by atoms with van der Waals surface area (Å²) in [6.45, 7) is 6.51. The molecule has 1 fully saturated rings. The first-order valence-corrected chi connectivity index (χ1v) is 10.1. The first-order chi connectivity index (χ1) is 13.9. The molecule has 4 rings (SSSR count). The van der Waals surface area contributed by atoms with Gasteiger partial charge in [-0.2, -0.15) is 5.10 Å². The lowest BCUT2D eigenvalue weighted by atomic mass is 10.3. The number of carbonyl (C=O) groups excluding carboxylic acids is 1. The van der Waals surface area contributed by atoms with E-state index >= 15 is 0 Å². The zero-order valence-electron chi connectivity index (χ0n) is 16.1. The van der Waals surface area contributed by atoms with Crippen molar-refractivity contribution in [3.63, 3.8) is 0 Å². The molecule has 0 aliphatic carbocycles. The smallest absolute Gasteiger partial charge is 0.322 e. The molecule has 2 amide bonds. The molecule has 0 unspecified atom stereocenters. The molecule has 152 valence electrons. The average molecular weight is 434 g/mol. The van der Waals surface area contributed by atoms with Crippen LogP contribution in [0.5, 0.6) is 0 Å². The summed E-state index contributed by atoms with van der Waals surface area (Å²) < 4.78 is 1.86. The maximum absolute atomic E-state index is 12.7.